The Kier molecular flexibility index (Phi) is 5.40. The van der Waals surface area contributed by atoms with Gasteiger partial charge in [0.05, 0.1) is 13.7 Å². The van der Waals surface area contributed by atoms with Crippen molar-refractivity contribution in [1.82, 2.24) is 15.5 Å². The molecule has 1 saturated heterocycles. The summed E-state index contributed by atoms with van der Waals surface area (Å²) in [5.74, 6) is 4.80. The molecular formula is C22H17F2N3O5. The van der Waals surface area contributed by atoms with E-state index in [9.17, 15) is 23.2 Å². The fourth-order valence-electron chi connectivity index (χ4n) is 3.54. The monoisotopic (exact) mass is 441 g/mol. The number of rotatable bonds is 5. The van der Waals surface area contributed by atoms with E-state index in [-0.39, 0.29) is 30.3 Å². The van der Waals surface area contributed by atoms with Gasteiger partial charge in [-0.1, -0.05) is 24.0 Å². The molecule has 0 aromatic heterocycles. The van der Waals surface area contributed by atoms with E-state index < -0.39 is 24.1 Å². The largest absolute Gasteiger partial charge is 0.497 e. The Morgan fingerprint density at radius 1 is 1.16 bits per heavy atom. The van der Waals surface area contributed by atoms with Crippen molar-refractivity contribution in [3.05, 3.63) is 59.2 Å². The minimum absolute atomic E-state index is 0.0973. The van der Waals surface area contributed by atoms with Gasteiger partial charge in [-0.15, -0.1) is 0 Å². The number of carbonyl (C=O) groups excluding carboxylic acids is 3. The molecule has 1 atom stereocenters. The van der Waals surface area contributed by atoms with Crippen molar-refractivity contribution in [2.45, 2.75) is 18.7 Å². The first kappa shape index (κ1) is 21.1. The fourth-order valence-corrected chi connectivity index (χ4v) is 3.54. The van der Waals surface area contributed by atoms with E-state index in [2.05, 4.69) is 27.2 Å². The molecule has 10 heteroatoms. The highest BCUT2D eigenvalue weighted by molar-refractivity contribution is 6.10. The summed E-state index contributed by atoms with van der Waals surface area (Å²) < 4.78 is 34.4. The maximum Gasteiger partial charge on any atom is 0.387 e. The van der Waals surface area contributed by atoms with Gasteiger partial charge >= 0.3 is 12.6 Å². The molecule has 0 spiro atoms. The van der Waals surface area contributed by atoms with Crippen LogP contribution in [-0.2, 0) is 11.3 Å². The summed E-state index contributed by atoms with van der Waals surface area (Å²) in [6, 6.07) is 9.97. The van der Waals surface area contributed by atoms with Crippen LogP contribution in [0.5, 0.6) is 11.5 Å². The number of imide groups is 1. The number of hydrogen-bond donors (Lipinski definition) is 2. The number of ether oxygens (including phenoxy) is 2. The number of urea groups is 1. The lowest BCUT2D eigenvalue weighted by Crippen LogP contribution is -2.54. The Labute approximate surface area is 181 Å². The number of amides is 4. The second-order valence-corrected chi connectivity index (χ2v) is 7.15. The Morgan fingerprint density at radius 3 is 2.66 bits per heavy atom. The molecule has 8 nitrogen and oxygen atoms in total. The minimum Gasteiger partial charge on any atom is -0.497 e. The molecule has 0 radical (unpaired) electrons. The van der Waals surface area contributed by atoms with Gasteiger partial charge in [-0.2, -0.15) is 8.78 Å². The zero-order chi connectivity index (χ0) is 22.9. The maximum absolute atomic E-state index is 12.9. The van der Waals surface area contributed by atoms with Crippen molar-refractivity contribution in [3.63, 3.8) is 0 Å². The van der Waals surface area contributed by atoms with Gasteiger partial charge < -0.3 is 19.7 Å². The summed E-state index contributed by atoms with van der Waals surface area (Å²) in [4.78, 5) is 38.8. The molecule has 2 N–H and O–H groups in total. The van der Waals surface area contributed by atoms with Gasteiger partial charge in [0, 0.05) is 17.7 Å². The number of nitrogens with one attached hydrogen (secondary N) is 2. The van der Waals surface area contributed by atoms with E-state index in [0.717, 1.165) is 5.56 Å². The van der Waals surface area contributed by atoms with Crippen LogP contribution < -0.4 is 20.1 Å². The Balaban J connectivity index is 1.62. The van der Waals surface area contributed by atoms with Crippen LogP contribution in [0.2, 0.25) is 0 Å². The number of halogens is 2. The number of carbonyl (C=O) groups is 3. The zero-order valence-corrected chi connectivity index (χ0v) is 16.8. The molecule has 0 saturated carbocycles. The molecule has 2 aromatic rings. The summed E-state index contributed by atoms with van der Waals surface area (Å²) in [6.07, 6.45) is 0. The molecule has 0 unspecified atom stereocenters. The van der Waals surface area contributed by atoms with E-state index >= 15 is 0 Å². The first-order valence-electron chi connectivity index (χ1n) is 9.47. The summed E-state index contributed by atoms with van der Waals surface area (Å²) >= 11 is 0. The number of methoxy groups -OCH3 is 1. The van der Waals surface area contributed by atoms with Crippen LogP contribution in [0.1, 0.15) is 21.5 Å². The predicted octanol–water partition coefficient (Wildman–Crippen LogP) is 1.88. The quantitative estimate of drug-likeness (QED) is 0.546. The van der Waals surface area contributed by atoms with Gasteiger partial charge in [-0.05, 0) is 35.9 Å². The lowest BCUT2D eigenvalue weighted by Gasteiger charge is -2.26. The molecular weight excluding hydrogens is 424 g/mol. The van der Waals surface area contributed by atoms with Gasteiger partial charge in [-0.3, -0.25) is 14.9 Å². The van der Waals surface area contributed by atoms with Crippen LogP contribution in [-0.4, -0.2) is 48.6 Å². The molecule has 4 rings (SSSR count). The third kappa shape index (κ3) is 4.05. The molecule has 2 aliphatic rings. The Hall–Kier alpha value is -4.13. The predicted molar refractivity (Wildman–Crippen MR) is 107 cm³/mol. The van der Waals surface area contributed by atoms with E-state index in [0.29, 0.717) is 11.3 Å². The second-order valence-electron chi connectivity index (χ2n) is 7.15. The second kappa shape index (κ2) is 8.19. The summed E-state index contributed by atoms with van der Waals surface area (Å²) in [7, 11) is 1.49. The Bertz CT molecular complexity index is 1170. The van der Waals surface area contributed by atoms with Crippen molar-refractivity contribution in [2.24, 2.45) is 0 Å². The lowest BCUT2D eigenvalue weighted by atomic mass is 9.99. The van der Waals surface area contributed by atoms with Gasteiger partial charge in [-0.25, -0.2) is 4.79 Å². The normalized spacial score (nSPS) is 19.2. The minimum atomic E-state index is -2.99. The highest BCUT2D eigenvalue weighted by Gasteiger charge is 2.48. The standard InChI is InChI=1S/C22H17F2N3O5/c1-31-15-6-5-14-11-27(18(28)17(14)10-15)12-22(19(29)25-21(30)26-22)8-7-13-3-2-4-16(9-13)32-20(23)24/h2-6,9-10,20H,11-12H2,1H3,(H2,25,26,29,30)/t22-/m1/s1. The Morgan fingerprint density at radius 2 is 1.97 bits per heavy atom. The summed E-state index contributed by atoms with van der Waals surface area (Å²) in [5, 5.41) is 4.62. The fraction of sp³-hybridized carbons (Fsp3) is 0.227. The highest BCUT2D eigenvalue weighted by Crippen LogP contribution is 2.28. The highest BCUT2D eigenvalue weighted by atomic mass is 19.3. The van der Waals surface area contributed by atoms with Crippen molar-refractivity contribution in [1.29, 1.82) is 0 Å². The van der Waals surface area contributed by atoms with Crippen molar-refractivity contribution < 1.29 is 32.6 Å². The molecule has 1 fully saturated rings. The number of nitrogens with zero attached hydrogens (tertiary/aromatic N) is 1. The third-order valence-corrected chi connectivity index (χ3v) is 5.04. The van der Waals surface area contributed by atoms with Gasteiger partial charge in [0.2, 0.25) is 5.54 Å². The van der Waals surface area contributed by atoms with E-state index in [1.54, 1.807) is 18.2 Å². The van der Waals surface area contributed by atoms with Crippen LogP contribution in [0.15, 0.2) is 42.5 Å². The number of fused-ring (bicyclic) bond motifs is 1. The van der Waals surface area contributed by atoms with Gasteiger partial charge in [0.25, 0.3) is 11.8 Å². The SMILES string of the molecule is COc1ccc2c(c1)C(=O)N(C[C@@]1(C#Cc3cccc(OC(F)F)c3)NC(=O)NC1=O)C2. The van der Waals surface area contributed by atoms with Crippen LogP contribution in [0.25, 0.3) is 0 Å². The summed E-state index contributed by atoms with van der Waals surface area (Å²) in [5.41, 5.74) is -0.231. The van der Waals surface area contributed by atoms with Gasteiger partial charge in [0.15, 0.2) is 0 Å². The smallest absolute Gasteiger partial charge is 0.387 e. The molecule has 0 bridgehead atoms. The maximum atomic E-state index is 12.9. The third-order valence-electron chi connectivity index (χ3n) is 5.04. The van der Waals surface area contributed by atoms with Gasteiger partial charge in [0.1, 0.15) is 11.5 Å². The molecule has 32 heavy (non-hydrogen) atoms. The number of alkyl halides is 2. The average molecular weight is 441 g/mol. The van der Waals surface area contributed by atoms with Crippen LogP contribution in [0.3, 0.4) is 0 Å². The average Bonchev–Trinajstić information content (AvgIpc) is 3.21. The zero-order valence-electron chi connectivity index (χ0n) is 16.8. The molecule has 4 amide bonds. The number of benzene rings is 2. The van der Waals surface area contributed by atoms with Crippen LogP contribution in [0.4, 0.5) is 13.6 Å². The topological polar surface area (TPSA) is 97.0 Å². The lowest BCUT2D eigenvalue weighted by molar-refractivity contribution is -0.122. The summed E-state index contributed by atoms with van der Waals surface area (Å²) in [6.45, 7) is -2.98. The van der Waals surface area contributed by atoms with E-state index in [4.69, 9.17) is 4.74 Å². The van der Waals surface area contributed by atoms with Crippen molar-refractivity contribution in [3.8, 4) is 23.3 Å². The molecule has 2 heterocycles. The first-order valence-corrected chi connectivity index (χ1v) is 9.47. The molecule has 164 valence electrons. The van der Waals surface area contributed by atoms with Crippen molar-refractivity contribution in [2.75, 3.05) is 13.7 Å². The van der Waals surface area contributed by atoms with Crippen LogP contribution in [0, 0.1) is 11.8 Å². The first-order chi connectivity index (χ1) is 15.3. The van der Waals surface area contributed by atoms with Crippen molar-refractivity contribution >= 4 is 17.8 Å². The molecule has 0 aliphatic carbocycles. The van der Waals surface area contributed by atoms with Crippen LogP contribution >= 0.6 is 0 Å². The van der Waals surface area contributed by atoms with E-state index in [1.807, 2.05) is 0 Å². The molecule has 2 aliphatic heterocycles. The number of hydrogen-bond acceptors (Lipinski definition) is 5. The molecule has 2 aromatic carbocycles. The van der Waals surface area contributed by atoms with E-state index in [1.165, 1.54) is 36.3 Å².